The molecule has 1 aromatic heterocycles. The van der Waals surface area contributed by atoms with Gasteiger partial charge in [0.15, 0.2) is 5.82 Å². The Morgan fingerprint density at radius 2 is 2.27 bits per heavy atom. The van der Waals surface area contributed by atoms with Crippen molar-refractivity contribution >= 4 is 6.03 Å². The summed E-state index contributed by atoms with van der Waals surface area (Å²) in [6.45, 7) is 7.79. The predicted molar refractivity (Wildman–Crippen MR) is 84.6 cm³/mol. The van der Waals surface area contributed by atoms with Crippen LogP contribution in [0.5, 0.6) is 0 Å². The van der Waals surface area contributed by atoms with E-state index >= 15 is 0 Å². The number of amides is 2. The molecule has 2 amide bonds. The number of likely N-dealkylation sites (tertiary alicyclic amines) is 1. The third kappa shape index (κ3) is 3.99. The number of nitrogens with zero attached hydrogens (tertiary/aromatic N) is 3. The number of unbranched alkanes of at least 4 members (excludes halogenated alkanes) is 1. The molecule has 6 heteroatoms. The maximum absolute atomic E-state index is 12.4. The van der Waals surface area contributed by atoms with Crippen LogP contribution >= 0.6 is 0 Å². The lowest BCUT2D eigenvalue weighted by Crippen LogP contribution is -2.45. The van der Waals surface area contributed by atoms with Gasteiger partial charge in [0.25, 0.3) is 0 Å². The van der Waals surface area contributed by atoms with Gasteiger partial charge in [-0.1, -0.05) is 32.3 Å². The summed E-state index contributed by atoms with van der Waals surface area (Å²) in [6.07, 6.45) is 6.07. The molecular weight excluding hydrogens is 280 g/mol. The van der Waals surface area contributed by atoms with Gasteiger partial charge >= 0.3 is 6.03 Å². The SMILES string of the molecule is CCCCNC(=O)N1CCCC[C@H]1c1nc([C@@H](C)CC)no1. The number of urea groups is 1. The summed E-state index contributed by atoms with van der Waals surface area (Å²) in [5.74, 6) is 1.61. The number of piperidine rings is 1. The fourth-order valence-corrected chi connectivity index (χ4v) is 2.67. The first-order valence-electron chi connectivity index (χ1n) is 8.55. The first-order valence-corrected chi connectivity index (χ1v) is 8.55. The largest absolute Gasteiger partial charge is 0.338 e. The Bertz CT molecular complexity index is 474. The van der Waals surface area contributed by atoms with Gasteiger partial charge in [0.2, 0.25) is 5.89 Å². The van der Waals surface area contributed by atoms with Crippen molar-refractivity contribution in [1.82, 2.24) is 20.4 Å². The van der Waals surface area contributed by atoms with Crippen molar-refractivity contribution in [2.45, 2.75) is 71.3 Å². The summed E-state index contributed by atoms with van der Waals surface area (Å²) in [4.78, 5) is 18.8. The van der Waals surface area contributed by atoms with Crippen molar-refractivity contribution < 1.29 is 9.32 Å². The van der Waals surface area contributed by atoms with E-state index in [9.17, 15) is 4.79 Å². The van der Waals surface area contributed by atoms with Gasteiger partial charge in [0.05, 0.1) is 0 Å². The van der Waals surface area contributed by atoms with Crippen molar-refractivity contribution in [2.75, 3.05) is 13.1 Å². The van der Waals surface area contributed by atoms with Gasteiger partial charge in [-0.05, 0) is 32.1 Å². The number of aromatic nitrogens is 2. The molecule has 1 aromatic rings. The fraction of sp³-hybridized carbons (Fsp3) is 0.812. The zero-order valence-corrected chi connectivity index (χ0v) is 14.0. The number of nitrogens with one attached hydrogen (secondary N) is 1. The van der Waals surface area contributed by atoms with Gasteiger partial charge in [-0.15, -0.1) is 0 Å². The molecule has 1 saturated heterocycles. The Balaban J connectivity index is 2.05. The van der Waals surface area contributed by atoms with Crippen LogP contribution in [0.1, 0.15) is 83.0 Å². The Labute approximate surface area is 132 Å². The van der Waals surface area contributed by atoms with E-state index in [4.69, 9.17) is 4.52 Å². The van der Waals surface area contributed by atoms with E-state index in [2.05, 4.69) is 36.2 Å². The molecule has 1 N–H and O–H groups in total. The van der Waals surface area contributed by atoms with Gasteiger partial charge in [0.1, 0.15) is 6.04 Å². The number of hydrogen-bond acceptors (Lipinski definition) is 4. The molecule has 0 bridgehead atoms. The second kappa shape index (κ2) is 8.15. The molecule has 1 aliphatic rings. The molecule has 0 unspecified atom stereocenters. The molecule has 1 fully saturated rings. The van der Waals surface area contributed by atoms with E-state index < -0.39 is 0 Å². The van der Waals surface area contributed by atoms with Crippen molar-refractivity contribution in [3.8, 4) is 0 Å². The standard InChI is InChI=1S/C16H28N4O2/c1-4-6-10-17-16(21)20-11-8-7-9-13(20)15-18-14(19-22-15)12(3)5-2/h12-13H,4-11H2,1-3H3,(H,17,21)/t12-,13-/m0/s1. The Kier molecular flexibility index (Phi) is 6.21. The first-order chi connectivity index (χ1) is 10.7. The molecule has 1 aliphatic heterocycles. The summed E-state index contributed by atoms with van der Waals surface area (Å²) in [6, 6.07) is -0.0953. The van der Waals surface area contributed by atoms with E-state index in [0.29, 0.717) is 5.89 Å². The van der Waals surface area contributed by atoms with Crippen LogP contribution in [0.2, 0.25) is 0 Å². The third-order valence-corrected chi connectivity index (χ3v) is 4.37. The van der Waals surface area contributed by atoms with Crippen LogP contribution in [0.4, 0.5) is 4.79 Å². The molecule has 2 atom stereocenters. The van der Waals surface area contributed by atoms with E-state index in [1.807, 2.05) is 4.90 Å². The maximum Gasteiger partial charge on any atom is 0.318 e. The highest BCUT2D eigenvalue weighted by Crippen LogP contribution is 2.30. The monoisotopic (exact) mass is 308 g/mol. The Morgan fingerprint density at radius 3 is 3.00 bits per heavy atom. The van der Waals surface area contributed by atoms with Crippen LogP contribution in [0, 0.1) is 0 Å². The van der Waals surface area contributed by atoms with Gasteiger partial charge in [-0.3, -0.25) is 0 Å². The summed E-state index contributed by atoms with van der Waals surface area (Å²) in [5.41, 5.74) is 0. The number of rotatable bonds is 6. The summed E-state index contributed by atoms with van der Waals surface area (Å²) >= 11 is 0. The molecule has 0 spiro atoms. The highest BCUT2D eigenvalue weighted by Gasteiger charge is 2.32. The van der Waals surface area contributed by atoms with Gasteiger partial charge in [0, 0.05) is 19.0 Å². The molecule has 0 radical (unpaired) electrons. The number of carbonyl (C=O) groups excluding carboxylic acids is 1. The average molecular weight is 308 g/mol. The summed E-state index contributed by atoms with van der Waals surface area (Å²) in [7, 11) is 0. The zero-order chi connectivity index (χ0) is 15.9. The lowest BCUT2D eigenvalue weighted by atomic mass is 10.0. The molecule has 2 heterocycles. The van der Waals surface area contributed by atoms with E-state index in [-0.39, 0.29) is 18.0 Å². The smallest absolute Gasteiger partial charge is 0.318 e. The van der Waals surface area contributed by atoms with Gasteiger partial charge in [-0.2, -0.15) is 4.98 Å². The molecule has 0 aliphatic carbocycles. The average Bonchev–Trinajstić information content (AvgIpc) is 3.04. The Morgan fingerprint density at radius 1 is 1.45 bits per heavy atom. The number of hydrogen-bond donors (Lipinski definition) is 1. The van der Waals surface area contributed by atoms with E-state index in [0.717, 1.165) is 57.4 Å². The normalized spacial score (nSPS) is 20.0. The molecule has 124 valence electrons. The third-order valence-electron chi connectivity index (χ3n) is 4.37. The van der Waals surface area contributed by atoms with Crippen LogP contribution in [0.3, 0.4) is 0 Å². The molecule has 6 nitrogen and oxygen atoms in total. The van der Waals surface area contributed by atoms with Crippen LogP contribution in [-0.4, -0.2) is 34.2 Å². The molecule has 22 heavy (non-hydrogen) atoms. The first kappa shape index (κ1) is 16.8. The maximum atomic E-state index is 12.4. The highest BCUT2D eigenvalue weighted by molar-refractivity contribution is 5.74. The minimum atomic E-state index is -0.0827. The van der Waals surface area contributed by atoms with Crippen molar-refractivity contribution in [3.63, 3.8) is 0 Å². The van der Waals surface area contributed by atoms with Crippen LogP contribution in [-0.2, 0) is 0 Å². The Hall–Kier alpha value is -1.59. The lowest BCUT2D eigenvalue weighted by molar-refractivity contribution is 0.132. The molecular formula is C16H28N4O2. The quantitative estimate of drug-likeness (QED) is 0.815. The fourth-order valence-electron chi connectivity index (χ4n) is 2.67. The zero-order valence-electron chi connectivity index (χ0n) is 14.0. The van der Waals surface area contributed by atoms with Gasteiger partial charge in [-0.25, -0.2) is 4.79 Å². The molecule has 0 aromatic carbocycles. The van der Waals surface area contributed by atoms with Crippen molar-refractivity contribution in [2.24, 2.45) is 0 Å². The second-order valence-corrected chi connectivity index (χ2v) is 6.09. The van der Waals surface area contributed by atoms with Crippen molar-refractivity contribution in [1.29, 1.82) is 0 Å². The molecule has 0 saturated carbocycles. The predicted octanol–water partition coefficient (Wildman–Crippen LogP) is 3.62. The lowest BCUT2D eigenvalue weighted by Gasteiger charge is -2.33. The van der Waals surface area contributed by atoms with Crippen LogP contribution in [0.25, 0.3) is 0 Å². The summed E-state index contributed by atoms with van der Waals surface area (Å²) < 4.78 is 5.45. The van der Waals surface area contributed by atoms with E-state index in [1.165, 1.54) is 0 Å². The minimum absolute atomic E-state index is 0.0126. The highest BCUT2D eigenvalue weighted by atomic mass is 16.5. The van der Waals surface area contributed by atoms with Gasteiger partial charge < -0.3 is 14.7 Å². The molecule has 2 rings (SSSR count). The second-order valence-electron chi connectivity index (χ2n) is 6.09. The topological polar surface area (TPSA) is 71.3 Å². The van der Waals surface area contributed by atoms with Crippen LogP contribution < -0.4 is 5.32 Å². The number of carbonyl (C=O) groups is 1. The van der Waals surface area contributed by atoms with Crippen LogP contribution in [0.15, 0.2) is 4.52 Å². The van der Waals surface area contributed by atoms with Crippen molar-refractivity contribution in [3.05, 3.63) is 11.7 Å². The summed E-state index contributed by atoms with van der Waals surface area (Å²) in [5, 5.41) is 7.08. The minimum Gasteiger partial charge on any atom is -0.338 e. The van der Waals surface area contributed by atoms with E-state index in [1.54, 1.807) is 0 Å².